The van der Waals surface area contributed by atoms with Crippen molar-refractivity contribution < 1.29 is 9.90 Å². The average molecular weight is 196 g/mol. The van der Waals surface area contributed by atoms with Crippen molar-refractivity contribution in [1.29, 1.82) is 0 Å². The zero-order chi connectivity index (χ0) is 10.3. The number of carboxylic acid groups (broad SMARTS) is 1. The van der Waals surface area contributed by atoms with E-state index in [0.29, 0.717) is 5.92 Å². The first-order valence-corrected chi connectivity index (χ1v) is 4.64. The molecule has 5 heteroatoms. The molecule has 1 fully saturated rings. The minimum absolute atomic E-state index is 0.0793. The van der Waals surface area contributed by atoms with Crippen LogP contribution in [0.2, 0.25) is 0 Å². The first kappa shape index (κ1) is 9.05. The van der Waals surface area contributed by atoms with E-state index in [-0.39, 0.29) is 11.6 Å². The van der Waals surface area contributed by atoms with E-state index in [2.05, 4.69) is 5.10 Å². The molecule has 1 atom stereocenters. The van der Waals surface area contributed by atoms with E-state index in [0.717, 1.165) is 12.8 Å². The van der Waals surface area contributed by atoms with E-state index >= 15 is 0 Å². The van der Waals surface area contributed by atoms with Crippen LogP contribution < -0.4 is 5.56 Å². The lowest BCUT2D eigenvalue weighted by Gasteiger charge is -2.09. The number of hydrogen-bond donors (Lipinski definition) is 2. The molecule has 0 spiro atoms. The van der Waals surface area contributed by atoms with Gasteiger partial charge in [0, 0.05) is 6.20 Å². The largest absolute Gasteiger partial charge is 0.477 e. The summed E-state index contributed by atoms with van der Waals surface area (Å²) in [6.45, 7) is 1.93. The summed E-state index contributed by atoms with van der Waals surface area (Å²) in [5.74, 6) is -0.652. The number of nitrogens with zero attached hydrogens (tertiary/aromatic N) is 1. The molecule has 0 aromatic carbocycles. The van der Waals surface area contributed by atoms with Crippen molar-refractivity contribution in [2.24, 2.45) is 5.92 Å². The fourth-order valence-electron chi connectivity index (χ4n) is 1.63. The summed E-state index contributed by atoms with van der Waals surface area (Å²) < 4.78 is 1.40. The Labute approximate surface area is 80.3 Å². The zero-order valence-electron chi connectivity index (χ0n) is 7.86. The summed E-state index contributed by atoms with van der Waals surface area (Å²) in [7, 11) is 0. The van der Waals surface area contributed by atoms with Crippen LogP contribution in [0.25, 0.3) is 0 Å². The van der Waals surface area contributed by atoms with Crippen molar-refractivity contribution in [3.05, 3.63) is 22.1 Å². The van der Waals surface area contributed by atoms with Gasteiger partial charge < -0.3 is 10.2 Å². The molecule has 0 saturated heterocycles. The van der Waals surface area contributed by atoms with E-state index in [1.165, 1.54) is 10.9 Å². The predicted molar refractivity (Wildman–Crippen MR) is 49.4 cm³/mol. The number of aromatic nitrogens is 2. The van der Waals surface area contributed by atoms with Crippen LogP contribution in [-0.4, -0.2) is 20.9 Å². The highest BCUT2D eigenvalue weighted by Crippen LogP contribution is 2.38. The van der Waals surface area contributed by atoms with Gasteiger partial charge in [0.15, 0.2) is 0 Å². The maximum atomic E-state index is 11.5. The van der Waals surface area contributed by atoms with Crippen LogP contribution in [0.3, 0.4) is 0 Å². The van der Waals surface area contributed by atoms with Crippen molar-refractivity contribution in [2.45, 2.75) is 25.8 Å². The fourth-order valence-corrected chi connectivity index (χ4v) is 1.63. The normalized spacial score (nSPS) is 18.1. The van der Waals surface area contributed by atoms with Crippen LogP contribution in [0, 0.1) is 5.92 Å². The van der Waals surface area contributed by atoms with E-state index < -0.39 is 11.5 Å². The predicted octanol–water partition coefficient (Wildman–Crippen LogP) is 0.846. The molecule has 2 rings (SSSR count). The highest BCUT2D eigenvalue weighted by Gasteiger charge is 2.31. The van der Waals surface area contributed by atoms with E-state index in [1.54, 1.807) is 0 Å². The Bertz CT molecular complexity index is 414. The summed E-state index contributed by atoms with van der Waals surface area (Å²) in [5, 5.41) is 11.4. The molecule has 1 aromatic rings. The Kier molecular flexibility index (Phi) is 1.94. The Morgan fingerprint density at radius 2 is 2.36 bits per heavy atom. The number of H-pyrrole nitrogens is 1. The van der Waals surface area contributed by atoms with Crippen molar-refractivity contribution in [3.63, 3.8) is 0 Å². The van der Waals surface area contributed by atoms with Gasteiger partial charge in [-0.05, 0) is 25.7 Å². The first-order valence-electron chi connectivity index (χ1n) is 4.64. The highest BCUT2D eigenvalue weighted by atomic mass is 16.4. The van der Waals surface area contributed by atoms with Gasteiger partial charge in [0.05, 0.1) is 6.04 Å². The van der Waals surface area contributed by atoms with Crippen molar-refractivity contribution in [1.82, 2.24) is 9.78 Å². The maximum Gasteiger partial charge on any atom is 0.342 e. The molecule has 0 aliphatic heterocycles. The van der Waals surface area contributed by atoms with Gasteiger partial charge in [-0.1, -0.05) is 0 Å². The molecule has 1 aliphatic rings. The second-order valence-corrected chi connectivity index (χ2v) is 3.75. The number of carbonyl (C=O) groups is 1. The van der Waals surface area contributed by atoms with Crippen molar-refractivity contribution >= 4 is 5.97 Å². The molecule has 0 amide bonds. The molecule has 1 aromatic heterocycles. The Hall–Kier alpha value is -1.52. The van der Waals surface area contributed by atoms with Crippen LogP contribution in [0.4, 0.5) is 0 Å². The molecule has 14 heavy (non-hydrogen) atoms. The lowest BCUT2D eigenvalue weighted by Crippen LogP contribution is -2.25. The monoisotopic (exact) mass is 196 g/mol. The van der Waals surface area contributed by atoms with Crippen molar-refractivity contribution in [3.8, 4) is 0 Å². The molecule has 1 aliphatic carbocycles. The van der Waals surface area contributed by atoms with Crippen LogP contribution >= 0.6 is 0 Å². The van der Waals surface area contributed by atoms with E-state index in [1.807, 2.05) is 6.92 Å². The lowest BCUT2D eigenvalue weighted by molar-refractivity contribution is 0.0695. The van der Waals surface area contributed by atoms with Gasteiger partial charge in [-0.15, -0.1) is 0 Å². The van der Waals surface area contributed by atoms with Gasteiger partial charge in [0.25, 0.3) is 5.56 Å². The molecule has 1 saturated carbocycles. The summed E-state index contributed by atoms with van der Waals surface area (Å²) in [4.78, 5) is 22.1. The quantitative estimate of drug-likeness (QED) is 0.752. The summed E-state index contributed by atoms with van der Waals surface area (Å²) in [6.07, 6.45) is 3.49. The van der Waals surface area contributed by atoms with Crippen LogP contribution in [-0.2, 0) is 0 Å². The van der Waals surface area contributed by atoms with Gasteiger partial charge in [-0.3, -0.25) is 4.79 Å². The number of aromatic carboxylic acids is 1. The Morgan fingerprint density at radius 3 is 2.79 bits per heavy atom. The summed E-state index contributed by atoms with van der Waals surface area (Å²) in [6, 6.07) is 0.0793. The average Bonchev–Trinajstić information content (AvgIpc) is 2.88. The van der Waals surface area contributed by atoms with Gasteiger partial charge >= 0.3 is 5.97 Å². The van der Waals surface area contributed by atoms with Crippen LogP contribution in [0.15, 0.2) is 11.0 Å². The number of carboxylic acids is 1. The van der Waals surface area contributed by atoms with Crippen LogP contribution in [0.1, 0.15) is 36.2 Å². The van der Waals surface area contributed by atoms with Gasteiger partial charge in [0.1, 0.15) is 5.56 Å². The lowest BCUT2D eigenvalue weighted by atomic mass is 10.2. The van der Waals surface area contributed by atoms with Gasteiger partial charge in [0.2, 0.25) is 0 Å². The standard InChI is InChI=1S/C9H12N2O3/c1-5(6-2-3-6)11-8(12)7(4-10-11)9(13)14/h4-6,10H,2-3H2,1H3,(H,13,14). The molecule has 76 valence electrons. The van der Waals surface area contributed by atoms with Gasteiger partial charge in [-0.2, -0.15) is 0 Å². The first-order chi connectivity index (χ1) is 6.61. The minimum Gasteiger partial charge on any atom is -0.477 e. The SMILES string of the molecule is CC(C1CC1)n1[nH]cc(C(=O)O)c1=O. The number of rotatable bonds is 3. The topological polar surface area (TPSA) is 75.1 Å². The van der Waals surface area contributed by atoms with Crippen molar-refractivity contribution in [2.75, 3.05) is 0 Å². The maximum absolute atomic E-state index is 11.5. The molecular weight excluding hydrogens is 184 g/mol. The fraction of sp³-hybridized carbons (Fsp3) is 0.556. The molecule has 1 heterocycles. The molecular formula is C9H12N2O3. The third-order valence-corrected chi connectivity index (χ3v) is 2.74. The third-order valence-electron chi connectivity index (χ3n) is 2.74. The number of nitrogens with one attached hydrogen (secondary N) is 1. The smallest absolute Gasteiger partial charge is 0.342 e. The third kappa shape index (κ3) is 1.34. The highest BCUT2D eigenvalue weighted by molar-refractivity contribution is 5.86. The Balaban J connectivity index is 2.35. The van der Waals surface area contributed by atoms with Gasteiger partial charge in [-0.25, -0.2) is 9.48 Å². The Morgan fingerprint density at radius 1 is 1.71 bits per heavy atom. The van der Waals surface area contributed by atoms with E-state index in [4.69, 9.17) is 5.11 Å². The molecule has 2 N–H and O–H groups in total. The number of hydrogen-bond acceptors (Lipinski definition) is 2. The number of aromatic amines is 1. The summed E-state index contributed by atoms with van der Waals surface area (Å²) >= 11 is 0. The minimum atomic E-state index is -1.17. The second-order valence-electron chi connectivity index (χ2n) is 3.75. The molecule has 5 nitrogen and oxygen atoms in total. The zero-order valence-corrected chi connectivity index (χ0v) is 7.86. The summed E-state index contributed by atoms with van der Waals surface area (Å²) in [5.41, 5.74) is -0.616. The molecule has 1 unspecified atom stereocenters. The van der Waals surface area contributed by atoms with Crippen LogP contribution in [0.5, 0.6) is 0 Å². The van der Waals surface area contributed by atoms with E-state index in [9.17, 15) is 9.59 Å². The molecule has 0 bridgehead atoms. The molecule has 0 radical (unpaired) electrons. The second kappa shape index (κ2) is 3.01.